The summed E-state index contributed by atoms with van der Waals surface area (Å²) in [4.78, 5) is 27.8. The van der Waals surface area contributed by atoms with Crippen LogP contribution in [0.3, 0.4) is 0 Å². The number of carbonyl (C=O) groups excluding carboxylic acids is 1. The lowest BCUT2D eigenvalue weighted by atomic mass is 9.89. The molecule has 0 aliphatic carbocycles. The van der Waals surface area contributed by atoms with Crippen molar-refractivity contribution in [1.82, 2.24) is 19.7 Å². The van der Waals surface area contributed by atoms with Gasteiger partial charge in [-0.15, -0.1) is 4.73 Å². The molecule has 2 aromatic rings. The summed E-state index contributed by atoms with van der Waals surface area (Å²) < 4.78 is 38.9. The van der Waals surface area contributed by atoms with Crippen LogP contribution in [0.2, 0.25) is 0 Å². The molecule has 0 radical (unpaired) electrons. The Morgan fingerprint density at radius 1 is 1.40 bits per heavy atom. The molecule has 0 atom stereocenters. The van der Waals surface area contributed by atoms with Crippen molar-refractivity contribution < 1.29 is 27.9 Å². The van der Waals surface area contributed by atoms with Crippen LogP contribution < -0.4 is 15.7 Å². The minimum absolute atomic E-state index is 0.0592. The standard InChI is InChI=1S/C14H15F3N4O4/c15-14(16,17)12(23)25-21-10(8-13(24)3-5-18-6-4-13)19-20-7-1-2-9(20)11(21)22/h1-2,7,18,24H,3-6,8H2. The Bertz CT molecular complexity index is 852. The van der Waals surface area contributed by atoms with E-state index in [1.165, 1.54) is 22.8 Å². The molecule has 1 aliphatic rings. The molecule has 3 heterocycles. The lowest BCUT2D eigenvalue weighted by Gasteiger charge is -2.32. The van der Waals surface area contributed by atoms with Crippen LogP contribution in [0, 0.1) is 0 Å². The Kier molecular flexibility index (Phi) is 4.29. The average Bonchev–Trinajstić information content (AvgIpc) is 2.99. The fourth-order valence-corrected chi connectivity index (χ4v) is 2.71. The van der Waals surface area contributed by atoms with E-state index in [2.05, 4.69) is 15.3 Å². The van der Waals surface area contributed by atoms with Crippen LogP contribution in [0.15, 0.2) is 23.1 Å². The maximum absolute atomic E-state index is 12.5. The Balaban J connectivity index is 2.04. The summed E-state index contributed by atoms with van der Waals surface area (Å²) >= 11 is 0. The summed E-state index contributed by atoms with van der Waals surface area (Å²) in [7, 11) is 0. The highest BCUT2D eigenvalue weighted by atomic mass is 19.4. The molecule has 0 aromatic carbocycles. The number of aliphatic hydroxyl groups is 1. The van der Waals surface area contributed by atoms with Gasteiger partial charge < -0.3 is 15.3 Å². The summed E-state index contributed by atoms with van der Waals surface area (Å²) in [6.45, 7) is 1.02. The molecule has 0 unspecified atom stereocenters. The molecule has 1 fully saturated rings. The summed E-state index contributed by atoms with van der Waals surface area (Å²) in [5.74, 6) is -2.80. The molecule has 1 aliphatic heterocycles. The zero-order valence-electron chi connectivity index (χ0n) is 12.9. The second-order valence-corrected chi connectivity index (χ2v) is 5.88. The normalized spacial score (nSPS) is 17.6. The van der Waals surface area contributed by atoms with Gasteiger partial charge in [-0.2, -0.15) is 18.3 Å². The van der Waals surface area contributed by atoms with Gasteiger partial charge in [0.1, 0.15) is 5.52 Å². The van der Waals surface area contributed by atoms with Crippen molar-refractivity contribution in [3.8, 4) is 0 Å². The SMILES string of the molecule is O=C(On1c(CC2(O)CCNCC2)nn2cccc2c1=O)C(F)(F)F. The molecule has 8 nitrogen and oxygen atoms in total. The Morgan fingerprint density at radius 3 is 2.72 bits per heavy atom. The fourth-order valence-electron chi connectivity index (χ4n) is 2.71. The first-order valence-electron chi connectivity index (χ1n) is 7.51. The van der Waals surface area contributed by atoms with Crippen LogP contribution in [0.1, 0.15) is 18.7 Å². The van der Waals surface area contributed by atoms with Gasteiger partial charge in [-0.25, -0.2) is 9.31 Å². The molecule has 1 saturated heterocycles. The van der Waals surface area contributed by atoms with E-state index in [9.17, 15) is 27.9 Å². The van der Waals surface area contributed by atoms with Gasteiger partial charge >= 0.3 is 17.7 Å². The molecule has 136 valence electrons. The highest BCUT2D eigenvalue weighted by Crippen LogP contribution is 2.22. The monoisotopic (exact) mass is 360 g/mol. The van der Waals surface area contributed by atoms with E-state index < -0.39 is 23.3 Å². The number of alkyl halides is 3. The Labute approximate surface area is 138 Å². The van der Waals surface area contributed by atoms with E-state index >= 15 is 0 Å². The third kappa shape index (κ3) is 3.51. The van der Waals surface area contributed by atoms with Crippen LogP contribution in [0.4, 0.5) is 13.2 Å². The van der Waals surface area contributed by atoms with Crippen molar-refractivity contribution in [3.05, 3.63) is 34.5 Å². The van der Waals surface area contributed by atoms with Crippen molar-refractivity contribution in [1.29, 1.82) is 0 Å². The highest BCUT2D eigenvalue weighted by molar-refractivity contribution is 5.75. The van der Waals surface area contributed by atoms with Crippen LogP contribution >= 0.6 is 0 Å². The lowest BCUT2D eigenvalue weighted by molar-refractivity contribution is -0.200. The van der Waals surface area contributed by atoms with Gasteiger partial charge in [0, 0.05) is 12.6 Å². The summed E-state index contributed by atoms with van der Waals surface area (Å²) in [6.07, 6.45) is -3.43. The van der Waals surface area contributed by atoms with E-state index in [1.807, 2.05) is 0 Å². The number of aromatic nitrogens is 3. The molecule has 0 saturated carbocycles. The van der Waals surface area contributed by atoms with Crippen molar-refractivity contribution in [3.63, 3.8) is 0 Å². The molecule has 3 rings (SSSR count). The molecule has 25 heavy (non-hydrogen) atoms. The molecule has 2 aromatic heterocycles. The van der Waals surface area contributed by atoms with Gasteiger partial charge in [0.05, 0.1) is 5.60 Å². The zero-order valence-corrected chi connectivity index (χ0v) is 12.9. The number of fused-ring (bicyclic) bond motifs is 1. The predicted molar refractivity (Wildman–Crippen MR) is 77.9 cm³/mol. The van der Waals surface area contributed by atoms with Crippen molar-refractivity contribution in [2.24, 2.45) is 0 Å². The number of halogens is 3. The van der Waals surface area contributed by atoms with E-state index in [0.29, 0.717) is 25.9 Å². The smallest absolute Gasteiger partial charge is 0.389 e. The van der Waals surface area contributed by atoms with Crippen LogP contribution in [-0.4, -0.2) is 50.3 Å². The van der Waals surface area contributed by atoms with Gasteiger partial charge in [0.25, 0.3) is 0 Å². The number of hydrogen-bond acceptors (Lipinski definition) is 6. The second kappa shape index (κ2) is 6.15. The number of piperidine rings is 1. The summed E-state index contributed by atoms with van der Waals surface area (Å²) in [5, 5.41) is 17.7. The first-order valence-corrected chi connectivity index (χ1v) is 7.51. The number of carbonyl (C=O) groups is 1. The van der Waals surface area contributed by atoms with Gasteiger partial charge in [0.2, 0.25) is 0 Å². The van der Waals surface area contributed by atoms with Gasteiger partial charge in [-0.05, 0) is 38.1 Å². The quantitative estimate of drug-likeness (QED) is 0.778. The number of hydrogen-bond donors (Lipinski definition) is 2. The molecule has 11 heteroatoms. The van der Waals surface area contributed by atoms with Crippen LogP contribution in [0.5, 0.6) is 0 Å². The van der Waals surface area contributed by atoms with E-state index in [-0.39, 0.29) is 22.5 Å². The van der Waals surface area contributed by atoms with Gasteiger partial charge in [0.15, 0.2) is 5.82 Å². The zero-order chi connectivity index (χ0) is 18.2. The van der Waals surface area contributed by atoms with Gasteiger partial charge in [-0.3, -0.25) is 4.79 Å². The minimum Gasteiger partial charge on any atom is -0.389 e. The summed E-state index contributed by atoms with van der Waals surface area (Å²) in [6, 6.07) is 2.80. The highest BCUT2D eigenvalue weighted by Gasteiger charge is 2.43. The third-order valence-electron chi connectivity index (χ3n) is 4.02. The molecule has 0 spiro atoms. The maximum Gasteiger partial charge on any atom is 0.493 e. The van der Waals surface area contributed by atoms with Crippen molar-refractivity contribution >= 4 is 11.5 Å². The topological polar surface area (TPSA) is 97.9 Å². The third-order valence-corrected chi connectivity index (χ3v) is 4.02. The lowest BCUT2D eigenvalue weighted by Crippen LogP contribution is -2.47. The molecule has 2 N–H and O–H groups in total. The van der Waals surface area contributed by atoms with E-state index in [0.717, 1.165) is 0 Å². The first-order chi connectivity index (χ1) is 11.7. The van der Waals surface area contributed by atoms with Crippen LogP contribution in [-0.2, 0) is 11.2 Å². The number of rotatable bonds is 3. The van der Waals surface area contributed by atoms with Crippen molar-refractivity contribution in [2.75, 3.05) is 13.1 Å². The predicted octanol–water partition coefficient (Wildman–Crippen LogP) is -0.330. The maximum atomic E-state index is 12.5. The first kappa shape index (κ1) is 17.4. The van der Waals surface area contributed by atoms with E-state index in [1.54, 1.807) is 0 Å². The van der Waals surface area contributed by atoms with E-state index in [4.69, 9.17) is 0 Å². The summed E-state index contributed by atoms with van der Waals surface area (Å²) in [5.41, 5.74) is -2.29. The Hall–Kier alpha value is -2.40. The second-order valence-electron chi connectivity index (χ2n) is 5.88. The van der Waals surface area contributed by atoms with Crippen molar-refractivity contribution in [2.45, 2.75) is 31.0 Å². The molecule has 0 bridgehead atoms. The van der Waals surface area contributed by atoms with Gasteiger partial charge in [-0.1, -0.05) is 0 Å². The number of nitrogens with zero attached hydrogens (tertiary/aromatic N) is 3. The fraction of sp³-hybridized carbons (Fsp3) is 0.500. The average molecular weight is 360 g/mol. The molecule has 0 amide bonds. The Morgan fingerprint density at radius 2 is 2.08 bits per heavy atom. The molecular formula is C14H15F3N4O4. The van der Waals surface area contributed by atoms with Crippen LogP contribution in [0.25, 0.3) is 5.52 Å². The molecular weight excluding hydrogens is 345 g/mol. The number of nitrogens with one attached hydrogen (secondary N) is 1. The largest absolute Gasteiger partial charge is 0.493 e. The minimum atomic E-state index is -5.27.